The molecular weight excluding hydrogens is 424 g/mol. The number of nitrogens with one attached hydrogen (secondary N) is 2. The molecule has 162 valence electrons. The second kappa shape index (κ2) is 9.94. The predicted octanol–water partition coefficient (Wildman–Crippen LogP) is 4.57. The molecule has 31 heavy (non-hydrogen) atoms. The van der Waals surface area contributed by atoms with Crippen LogP contribution in [0.2, 0.25) is 5.02 Å². The van der Waals surface area contributed by atoms with Crippen LogP contribution in [0.4, 0.5) is 15.3 Å². The molecule has 0 atom stereocenters. The summed E-state index contributed by atoms with van der Waals surface area (Å²) in [6.07, 6.45) is -1.25. The first kappa shape index (κ1) is 22.1. The number of pyridine rings is 1. The summed E-state index contributed by atoms with van der Waals surface area (Å²) < 4.78 is 10.6. The molecule has 0 spiro atoms. The average Bonchev–Trinajstić information content (AvgIpc) is 3.09. The van der Waals surface area contributed by atoms with E-state index in [4.69, 9.17) is 26.0 Å². The predicted molar refractivity (Wildman–Crippen MR) is 114 cm³/mol. The van der Waals surface area contributed by atoms with E-state index in [1.807, 2.05) is 18.2 Å². The van der Waals surface area contributed by atoms with Gasteiger partial charge in [0.25, 0.3) is 0 Å². The van der Waals surface area contributed by atoms with Crippen LogP contribution < -0.4 is 10.6 Å². The van der Waals surface area contributed by atoms with Crippen molar-refractivity contribution in [2.45, 2.75) is 26.8 Å². The van der Waals surface area contributed by atoms with Gasteiger partial charge in [-0.15, -0.1) is 0 Å². The molecule has 0 radical (unpaired) electrons. The van der Waals surface area contributed by atoms with E-state index in [0.29, 0.717) is 45.5 Å². The summed E-state index contributed by atoms with van der Waals surface area (Å²) in [6, 6.07) is 10.6. The number of benzene rings is 1. The normalized spacial score (nSPS) is 10.5. The summed E-state index contributed by atoms with van der Waals surface area (Å²) in [4.78, 5) is 27.3. The third kappa shape index (κ3) is 5.73. The maximum absolute atomic E-state index is 12.1. The molecule has 0 saturated heterocycles. The van der Waals surface area contributed by atoms with Crippen LogP contribution in [0.25, 0.3) is 11.5 Å². The summed E-state index contributed by atoms with van der Waals surface area (Å²) >= 11 is 6.09. The minimum absolute atomic E-state index is 0.130. The minimum Gasteiger partial charge on any atom is -0.465 e. The van der Waals surface area contributed by atoms with Crippen molar-refractivity contribution in [2.24, 2.45) is 0 Å². The number of carbonyl (C=O) groups excluding carboxylic acids is 1. The molecule has 0 bridgehead atoms. The highest BCUT2D eigenvalue weighted by Crippen LogP contribution is 2.27. The number of amides is 2. The minimum atomic E-state index is -1.17. The van der Waals surface area contributed by atoms with Crippen LogP contribution in [0.15, 0.2) is 40.9 Å². The van der Waals surface area contributed by atoms with Crippen LogP contribution in [-0.4, -0.2) is 34.0 Å². The lowest BCUT2D eigenvalue weighted by atomic mass is 10.1. The molecule has 0 aliphatic carbocycles. The highest BCUT2D eigenvalue weighted by molar-refractivity contribution is 6.31. The SMILES string of the molecule is Cc1nc(-c2onc(C)c2CNC(=O)OCCc2ccccc2Cl)ccc1NC(=O)O. The molecule has 0 unspecified atom stereocenters. The van der Waals surface area contributed by atoms with Gasteiger partial charge >= 0.3 is 12.2 Å². The molecule has 3 aromatic rings. The number of alkyl carbamates (subject to hydrolysis) is 1. The van der Waals surface area contributed by atoms with Gasteiger partial charge in [-0.2, -0.15) is 0 Å². The molecule has 2 aromatic heterocycles. The second-order valence-electron chi connectivity index (χ2n) is 6.67. The Morgan fingerprint density at radius 2 is 1.94 bits per heavy atom. The molecule has 0 fully saturated rings. The van der Waals surface area contributed by atoms with Gasteiger partial charge in [-0.05, 0) is 37.6 Å². The summed E-state index contributed by atoms with van der Waals surface area (Å²) in [5, 5.41) is 18.4. The fourth-order valence-corrected chi connectivity index (χ4v) is 3.13. The molecule has 0 aliphatic heterocycles. The highest BCUT2D eigenvalue weighted by atomic mass is 35.5. The van der Waals surface area contributed by atoms with Crippen LogP contribution in [0.3, 0.4) is 0 Å². The summed E-state index contributed by atoms with van der Waals surface area (Å²) in [5.74, 6) is 0.388. The lowest BCUT2D eigenvalue weighted by molar-refractivity contribution is 0.147. The molecule has 3 N–H and O–H groups in total. The second-order valence-corrected chi connectivity index (χ2v) is 7.07. The molecule has 0 saturated carbocycles. The zero-order valence-corrected chi connectivity index (χ0v) is 17.7. The largest absolute Gasteiger partial charge is 0.465 e. The van der Waals surface area contributed by atoms with Crippen molar-refractivity contribution in [2.75, 3.05) is 11.9 Å². The van der Waals surface area contributed by atoms with E-state index >= 15 is 0 Å². The van der Waals surface area contributed by atoms with Crippen LogP contribution in [-0.2, 0) is 17.7 Å². The fraction of sp³-hybridized carbons (Fsp3) is 0.238. The van der Waals surface area contributed by atoms with E-state index in [1.165, 1.54) is 0 Å². The molecule has 3 rings (SSSR count). The van der Waals surface area contributed by atoms with E-state index in [1.54, 1.807) is 32.0 Å². The van der Waals surface area contributed by atoms with Crippen molar-refractivity contribution >= 4 is 29.5 Å². The Labute approximate surface area is 183 Å². The van der Waals surface area contributed by atoms with Crippen molar-refractivity contribution in [1.29, 1.82) is 0 Å². The van der Waals surface area contributed by atoms with Crippen molar-refractivity contribution in [3.63, 3.8) is 0 Å². The number of rotatable bonds is 7. The van der Waals surface area contributed by atoms with Crippen molar-refractivity contribution < 1.29 is 24.0 Å². The van der Waals surface area contributed by atoms with Crippen molar-refractivity contribution in [3.8, 4) is 11.5 Å². The Morgan fingerprint density at radius 1 is 1.16 bits per heavy atom. The molecule has 10 heteroatoms. The Morgan fingerprint density at radius 3 is 2.65 bits per heavy atom. The first-order valence-electron chi connectivity index (χ1n) is 9.42. The van der Waals surface area contributed by atoms with Gasteiger partial charge in [0.2, 0.25) is 0 Å². The van der Waals surface area contributed by atoms with Gasteiger partial charge in [-0.25, -0.2) is 14.6 Å². The lowest BCUT2D eigenvalue weighted by Crippen LogP contribution is -2.25. The van der Waals surface area contributed by atoms with Crippen molar-refractivity contribution in [3.05, 3.63) is 63.9 Å². The quantitative estimate of drug-likeness (QED) is 0.487. The van der Waals surface area contributed by atoms with E-state index < -0.39 is 12.2 Å². The standard InChI is InChI=1S/C21H21ClN4O5/c1-12-15(11-23-21(29)30-10-9-14-5-3-4-6-16(14)22)19(31-26-12)18-8-7-17(13(2)24-18)25-20(27)28/h3-8,25H,9-11H2,1-2H3,(H,23,29)(H,27,28). The summed E-state index contributed by atoms with van der Waals surface area (Å²) in [7, 11) is 0. The highest BCUT2D eigenvalue weighted by Gasteiger charge is 2.18. The van der Waals surface area contributed by atoms with E-state index in [2.05, 4.69) is 20.8 Å². The van der Waals surface area contributed by atoms with Gasteiger partial charge in [-0.3, -0.25) is 5.32 Å². The Hall–Kier alpha value is -3.59. The van der Waals surface area contributed by atoms with Crippen LogP contribution in [0, 0.1) is 13.8 Å². The number of ether oxygens (including phenoxy) is 1. The first-order valence-corrected chi connectivity index (χ1v) is 9.80. The molecule has 9 nitrogen and oxygen atoms in total. The molecule has 0 aliphatic rings. The zero-order chi connectivity index (χ0) is 22.4. The third-order valence-corrected chi connectivity index (χ3v) is 4.89. The topological polar surface area (TPSA) is 127 Å². The molecule has 2 heterocycles. The number of anilines is 1. The van der Waals surface area contributed by atoms with Gasteiger partial charge in [-0.1, -0.05) is 35.0 Å². The maximum Gasteiger partial charge on any atom is 0.409 e. The smallest absolute Gasteiger partial charge is 0.409 e. The van der Waals surface area contributed by atoms with E-state index in [9.17, 15) is 9.59 Å². The number of carbonyl (C=O) groups is 2. The van der Waals surface area contributed by atoms with Crippen molar-refractivity contribution in [1.82, 2.24) is 15.5 Å². The van der Waals surface area contributed by atoms with Gasteiger partial charge < -0.3 is 19.7 Å². The van der Waals surface area contributed by atoms with Gasteiger partial charge in [0.15, 0.2) is 5.76 Å². The Kier molecular flexibility index (Phi) is 7.09. The summed E-state index contributed by atoms with van der Waals surface area (Å²) in [5.41, 5.74) is 3.46. The number of nitrogens with zero attached hydrogens (tertiary/aromatic N) is 2. The number of aryl methyl sites for hydroxylation is 2. The fourth-order valence-electron chi connectivity index (χ4n) is 2.90. The molecule has 2 amide bonds. The van der Waals surface area contributed by atoms with Gasteiger partial charge in [0, 0.05) is 17.0 Å². The lowest BCUT2D eigenvalue weighted by Gasteiger charge is -2.09. The van der Waals surface area contributed by atoms with E-state index in [-0.39, 0.29) is 13.2 Å². The molecular formula is C21H21ClN4O5. The first-order chi connectivity index (χ1) is 14.8. The number of hydrogen-bond donors (Lipinski definition) is 3. The van der Waals surface area contributed by atoms with Crippen LogP contribution >= 0.6 is 11.6 Å². The Balaban J connectivity index is 1.61. The van der Waals surface area contributed by atoms with Gasteiger partial charge in [0.05, 0.1) is 30.2 Å². The number of carboxylic acid groups (broad SMARTS) is 1. The molecule has 1 aromatic carbocycles. The van der Waals surface area contributed by atoms with Crippen LogP contribution in [0.5, 0.6) is 0 Å². The number of aromatic nitrogens is 2. The van der Waals surface area contributed by atoms with Crippen LogP contribution in [0.1, 0.15) is 22.5 Å². The number of hydrogen-bond acceptors (Lipinski definition) is 6. The Bertz CT molecular complexity index is 1100. The monoisotopic (exact) mass is 444 g/mol. The average molecular weight is 445 g/mol. The maximum atomic E-state index is 12.1. The third-order valence-electron chi connectivity index (χ3n) is 4.52. The van der Waals surface area contributed by atoms with E-state index in [0.717, 1.165) is 5.56 Å². The number of halogens is 1. The van der Waals surface area contributed by atoms with Gasteiger partial charge in [0.1, 0.15) is 5.69 Å². The zero-order valence-electron chi connectivity index (χ0n) is 16.9. The summed E-state index contributed by atoms with van der Waals surface area (Å²) in [6.45, 7) is 3.74.